The highest BCUT2D eigenvalue weighted by Gasteiger charge is 2.39. The summed E-state index contributed by atoms with van der Waals surface area (Å²) in [5, 5.41) is 10.3. The van der Waals surface area contributed by atoms with Gasteiger partial charge in [-0.15, -0.1) is 0 Å². The fourth-order valence-corrected chi connectivity index (χ4v) is 4.39. The van der Waals surface area contributed by atoms with Crippen molar-refractivity contribution < 1.29 is 28.2 Å². The third-order valence-corrected chi connectivity index (χ3v) is 6.59. The first-order chi connectivity index (χ1) is 19.6. The normalized spacial score (nSPS) is 19.0. The molecule has 2 N–H and O–H groups in total. The van der Waals surface area contributed by atoms with Gasteiger partial charge in [0.2, 0.25) is 5.88 Å². The van der Waals surface area contributed by atoms with Crippen LogP contribution in [0.4, 0.5) is 26.5 Å². The number of alkyl halides is 1. The van der Waals surface area contributed by atoms with E-state index in [1.54, 1.807) is 45.2 Å². The van der Waals surface area contributed by atoms with Crippen LogP contribution in [0.2, 0.25) is 0 Å². The molecule has 41 heavy (non-hydrogen) atoms. The molecule has 1 saturated heterocycles. The molecule has 3 aromatic rings. The number of nitrogens with zero attached hydrogens (tertiary/aromatic N) is 6. The summed E-state index contributed by atoms with van der Waals surface area (Å²) in [5.74, 6) is 0.470. The van der Waals surface area contributed by atoms with E-state index in [4.69, 9.17) is 14.2 Å². The van der Waals surface area contributed by atoms with Crippen LogP contribution in [0, 0.1) is 0 Å². The average molecular weight is 571 g/mol. The first-order valence-corrected chi connectivity index (χ1v) is 13.5. The Morgan fingerprint density at radius 3 is 2.71 bits per heavy atom. The minimum absolute atomic E-state index is 0.143. The topological polar surface area (TPSA) is 135 Å². The number of methoxy groups -OCH3 is 1. The summed E-state index contributed by atoms with van der Waals surface area (Å²) in [5.41, 5.74) is 0.0944. The third-order valence-electron chi connectivity index (χ3n) is 6.59. The molecule has 2 fully saturated rings. The second-order valence-electron chi connectivity index (χ2n) is 10.9. The van der Waals surface area contributed by atoms with Crippen LogP contribution >= 0.6 is 0 Å². The number of halogens is 1. The van der Waals surface area contributed by atoms with Crippen molar-refractivity contribution in [2.24, 2.45) is 0 Å². The number of amides is 2. The van der Waals surface area contributed by atoms with E-state index in [9.17, 15) is 14.0 Å². The maximum absolute atomic E-state index is 13.6. The molecular formula is C27H35FN8O5. The van der Waals surface area contributed by atoms with Crippen LogP contribution in [-0.4, -0.2) is 101 Å². The first kappa shape index (κ1) is 28.5. The fourth-order valence-electron chi connectivity index (χ4n) is 4.39. The van der Waals surface area contributed by atoms with Crippen LogP contribution in [0.25, 0.3) is 5.65 Å². The second-order valence-corrected chi connectivity index (χ2v) is 10.9. The number of hydrogen-bond acceptors (Lipinski definition) is 10. The standard InChI is InChI=1S/C27H35FN8O5/c1-27(2,3)41-26(38)35(9-8-34-10-12-40-13-11-34)22-15-21(31-19-6-5-7-29-25(19)39-4)33-23-17(16-30-36(22)23)24(37)32-20-14-18(20)28/h5-7,15-16,18,20H,8-14H2,1-4H3,(H,31,33)(H,32,37)/t18-,20+/m0/s1. The number of aromatic nitrogens is 4. The largest absolute Gasteiger partial charge is 0.480 e. The molecule has 3 aromatic heterocycles. The lowest BCUT2D eigenvalue weighted by Gasteiger charge is -2.31. The quantitative estimate of drug-likeness (QED) is 0.395. The molecule has 220 valence electrons. The van der Waals surface area contributed by atoms with Crippen LogP contribution in [0.3, 0.4) is 0 Å². The highest BCUT2D eigenvalue weighted by atomic mass is 19.1. The van der Waals surface area contributed by atoms with Crippen molar-refractivity contribution in [3.05, 3.63) is 36.2 Å². The summed E-state index contributed by atoms with van der Waals surface area (Å²) in [6.07, 6.45) is 1.58. The molecule has 0 bridgehead atoms. The fraction of sp³-hybridized carbons (Fsp3) is 0.519. The Hall–Kier alpha value is -4.04. The number of carbonyl (C=O) groups excluding carboxylic acids is 2. The number of rotatable bonds is 9. The number of morpholine rings is 1. The van der Waals surface area contributed by atoms with Crippen molar-refractivity contribution in [2.75, 3.05) is 56.7 Å². The Labute approximate surface area is 237 Å². The first-order valence-electron chi connectivity index (χ1n) is 13.5. The SMILES string of the molecule is COc1ncccc1Nc1cc(N(CCN2CCOCC2)C(=O)OC(C)(C)C)n2ncc(C(=O)N[C@@H]3C[C@@H]3F)c2n1. The predicted molar refractivity (Wildman–Crippen MR) is 149 cm³/mol. The van der Waals surface area contributed by atoms with Crippen molar-refractivity contribution in [3.63, 3.8) is 0 Å². The molecule has 14 heteroatoms. The summed E-state index contributed by atoms with van der Waals surface area (Å²) in [4.78, 5) is 39.2. The number of pyridine rings is 1. The molecule has 2 atom stereocenters. The lowest BCUT2D eigenvalue weighted by Crippen LogP contribution is -2.45. The second kappa shape index (κ2) is 11.8. The number of fused-ring (bicyclic) bond motifs is 1. The van der Waals surface area contributed by atoms with Crippen molar-refractivity contribution in [1.29, 1.82) is 0 Å². The van der Waals surface area contributed by atoms with Gasteiger partial charge in [-0.2, -0.15) is 9.61 Å². The van der Waals surface area contributed by atoms with Crippen molar-refractivity contribution in [1.82, 2.24) is 29.8 Å². The van der Waals surface area contributed by atoms with Gasteiger partial charge in [0.15, 0.2) is 5.65 Å². The van der Waals surface area contributed by atoms with Crippen LogP contribution in [0.15, 0.2) is 30.6 Å². The maximum Gasteiger partial charge on any atom is 0.416 e. The Kier molecular flexibility index (Phi) is 8.22. The zero-order chi connectivity index (χ0) is 29.1. The molecule has 2 amide bonds. The average Bonchev–Trinajstić information content (AvgIpc) is 3.45. The van der Waals surface area contributed by atoms with Crippen LogP contribution in [-0.2, 0) is 9.47 Å². The van der Waals surface area contributed by atoms with E-state index < -0.39 is 29.8 Å². The molecule has 4 heterocycles. The van der Waals surface area contributed by atoms with Crippen molar-refractivity contribution in [2.45, 2.75) is 45.0 Å². The van der Waals surface area contributed by atoms with E-state index in [0.717, 1.165) is 13.1 Å². The summed E-state index contributed by atoms with van der Waals surface area (Å²) in [6.45, 7) is 8.92. The molecule has 13 nitrogen and oxygen atoms in total. The van der Waals surface area contributed by atoms with Gasteiger partial charge in [0.05, 0.1) is 32.6 Å². The van der Waals surface area contributed by atoms with Gasteiger partial charge in [0.25, 0.3) is 5.91 Å². The minimum atomic E-state index is -1.07. The third kappa shape index (κ3) is 6.82. The molecule has 2 aliphatic rings. The summed E-state index contributed by atoms with van der Waals surface area (Å²) >= 11 is 0. The van der Waals surface area contributed by atoms with Gasteiger partial charge < -0.3 is 24.8 Å². The van der Waals surface area contributed by atoms with Crippen LogP contribution < -0.4 is 20.3 Å². The molecule has 5 rings (SSSR count). The van der Waals surface area contributed by atoms with E-state index in [1.165, 1.54) is 22.7 Å². The molecule has 1 saturated carbocycles. The molecular weight excluding hydrogens is 535 g/mol. The zero-order valence-corrected chi connectivity index (χ0v) is 23.6. The molecule has 1 aliphatic carbocycles. The number of hydrogen-bond donors (Lipinski definition) is 2. The van der Waals surface area contributed by atoms with Crippen LogP contribution in [0.1, 0.15) is 37.6 Å². The maximum atomic E-state index is 13.6. The Bertz CT molecular complexity index is 1400. The Morgan fingerprint density at radius 1 is 1.27 bits per heavy atom. The number of carbonyl (C=O) groups is 2. The molecule has 0 unspecified atom stereocenters. The van der Waals surface area contributed by atoms with E-state index in [2.05, 4.69) is 30.6 Å². The van der Waals surface area contributed by atoms with E-state index in [0.29, 0.717) is 43.0 Å². The highest BCUT2D eigenvalue weighted by Crippen LogP contribution is 2.30. The lowest BCUT2D eigenvalue weighted by molar-refractivity contribution is 0.0374. The van der Waals surface area contributed by atoms with Crippen molar-refractivity contribution >= 4 is 35.0 Å². The summed E-state index contributed by atoms with van der Waals surface area (Å²) < 4.78 is 31.6. The van der Waals surface area contributed by atoms with E-state index in [-0.39, 0.29) is 24.2 Å². The van der Waals surface area contributed by atoms with Crippen LogP contribution in [0.5, 0.6) is 5.88 Å². The summed E-state index contributed by atoms with van der Waals surface area (Å²) in [7, 11) is 1.50. The van der Waals surface area contributed by atoms with Gasteiger partial charge in [0, 0.05) is 44.9 Å². The molecule has 0 radical (unpaired) electrons. The van der Waals surface area contributed by atoms with Gasteiger partial charge in [-0.05, 0) is 32.9 Å². The number of ether oxygens (including phenoxy) is 3. The smallest absolute Gasteiger partial charge is 0.416 e. The Balaban J connectivity index is 1.57. The van der Waals surface area contributed by atoms with Gasteiger partial charge in [-0.3, -0.25) is 14.6 Å². The number of nitrogens with one attached hydrogen (secondary N) is 2. The summed E-state index contributed by atoms with van der Waals surface area (Å²) in [6, 6.07) is 4.61. The molecule has 1 aliphatic heterocycles. The predicted octanol–water partition coefficient (Wildman–Crippen LogP) is 2.79. The molecule has 0 aromatic carbocycles. The lowest BCUT2D eigenvalue weighted by atomic mass is 10.2. The van der Waals surface area contributed by atoms with E-state index >= 15 is 0 Å². The van der Waals surface area contributed by atoms with Crippen molar-refractivity contribution in [3.8, 4) is 5.88 Å². The minimum Gasteiger partial charge on any atom is -0.480 e. The number of anilines is 3. The van der Waals surface area contributed by atoms with Gasteiger partial charge >= 0.3 is 6.09 Å². The van der Waals surface area contributed by atoms with Gasteiger partial charge in [0.1, 0.15) is 34.7 Å². The zero-order valence-electron chi connectivity index (χ0n) is 23.6. The Morgan fingerprint density at radius 2 is 2.02 bits per heavy atom. The highest BCUT2D eigenvalue weighted by molar-refractivity contribution is 6.01. The molecule has 0 spiro atoms. The van der Waals surface area contributed by atoms with Gasteiger partial charge in [-0.1, -0.05) is 0 Å². The monoisotopic (exact) mass is 570 g/mol. The van der Waals surface area contributed by atoms with Gasteiger partial charge in [-0.25, -0.2) is 19.2 Å². The van der Waals surface area contributed by atoms with E-state index in [1.807, 2.05) is 0 Å².